The molecule has 0 aliphatic carbocycles. The Labute approximate surface area is 74.2 Å². The molecule has 0 aliphatic heterocycles. The number of carbonyl (C=O) groups excluding carboxylic acids is 1. The second kappa shape index (κ2) is 5.76. The van der Waals surface area contributed by atoms with Gasteiger partial charge < -0.3 is 9.47 Å². The summed E-state index contributed by atoms with van der Waals surface area (Å²) in [5.74, 6) is 0. The second-order valence-electron chi connectivity index (χ2n) is 1.84. The molecule has 0 bridgehead atoms. The van der Waals surface area contributed by atoms with E-state index in [-0.39, 0.29) is 6.10 Å². The van der Waals surface area contributed by atoms with Gasteiger partial charge in [-0.15, -0.1) is 0 Å². The molecule has 10 heavy (non-hydrogen) atoms. The SMILES string of the molecule is CC[C@@H](C)OC(=O)OCI. The summed E-state index contributed by atoms with van der Waals surface area (Å²) in [7, 11) is 0. The summed E-state index contributed by atoms with van der Waals surface area (Å²) in [6, 6.07) is 0. The Morgan fingerprint density at radius 1 is 1.70 bits per heavy atom. The van der Waals surface area contributed by atoms with Crippen LogP contribution in [0.2, 0.25) is 0 Å². The van der Waals surface area contributed by atoms with E-state index in [1.54, 1.807) is 0 Å². The highest BCUT2D eigenvalue weighted by Gasteiger charge is 2.06. The Balaban J connectivity index is 3.37. The molecule has 0 unspecified atom stereocenters. The van der Waals surface area contributed by atoms with Crippen molar-refractivity contribution in [3.8, 4) is 0 Å². The highest BCUT2D eigenvalue weighted by molar-refractivity contribution is 14.1. The lowest BCUT2D eigenvalue weighted by atomic mass is 10.3. The summed E-state index contributed by atoms with van der Waals surface area (Å²) in [5, 5.41) is 0. The molecular weight excluding hydrogens is 247 g/mol. The highest BCUT2D eigenvalue weighted by atomic mass is 127. The number of hydrogen-bond donors (Lipinski definition) is 0. The minimum atomic E-state index is -0.580. The lowest BCUT2D eigenvalue weighted by Crippen LogP contribution is -2.14. The van der Waals surface area contributed by atoms with Crippen LogP contribution in [0.25, 0.3) is 0 Å². The minimum absolute atomic E-state index is 0.0459. The van der Waals surface area contributed by atoms with Crippen molar-refractivity contribution in [2.75, 3.05) is 4.61 Å². The Morgan fingerprint density at radius 2 is 2.30 bits per heavy atom. The molecule has 3 nitrogen and oxygen atoms in total. The first kappa shape index (κ1) is 10.0. The maximum absolute atomic E-state index is 10.6. The van der Waals surface area contributed by atoms with E-state index in [2.05, 4.69) is 4.74 Å². The summed E-state index contributed by atoms with van der Waals surface area (Å²) >= 11 is 1.94. The van der Waals surface area contributed by atoms with Crippen LogP contribution in [0.4, 0.5) is 4.79 Å². The van der Waals surface area contributed by atoms with E-state index in [0.717, 1.165) is 6.42 Å². The van der Waals surface area contributed by atoms with Crippen LogP contribution >= 0.6 is 22.6 Å². The van der Waals surface area contributed by atoms with Gasteiger partial charge in [-0.25, -0.2) is 4.79 Å². The van der Waals surface area contributed by atoms with Crippen molar-refractivity contribution in [2.45, 2.75) is 26.4 Å². The summed E-state index contributed by atoms with van der Waals surface area (Å²) in [5.41, 5.74) is 0. The Bertz CT molecular complexity index is 105. The standard InChI is InChI=1S/C6H11IO3/c1-3-5(2)10-6(8)9-4-7/h5H,3-4H2,1-2H3/t5-/m1/s1. The zero-order chi connectivity index (χ0) is 7.98. The van der Waals surface area contributed by atoms with Gasteiger partial charge in [0, 0.05) is 0 Å². The molecule has 1 atom stereocenters. The van der Waals surface area contributed by atoms with Gasteiger partial charge in [-0.2, -0.15) is 0 Å². The molecular formula is C6H11IO3. The number of alkyl halides is 1. The van der Waals surface area contributed by atoms with Gasteiger partial charge >= 0.3 is 6.16 Å². The molecule has 4 heteroatoms. The Hall–Kier alpha value is 0. The van der Waals surface area contributed by atoms with E-state index in [1.807, 2.05) is 36.4 Å². The molecule has 0 saturated carbocycles. The molecule has 0 amide bonds. The van der Waals surface area contributed by atoms with Crippen molar-refractivity contribution >= 4 is 28.7 Å². The molecule has 0 aromatic rings. The largest absolute Gasteiger partial charge is 0.509 e. The van der Waals surface area contributed by atoms with Gasteiger partial charge in [0.25, 0.3) is 0 Å². The smallest absolute Gasteiger partial charge is 0.431 e. The van der Waals surface area contributed by atoms with Gasteiger partial charge in [-0.3, -0.25) is 0 Å². The molecule has 0 rings (SSSR count). The number of ether oxygens (including phenoxy) is 2. The average Bonchev–Trinajstić information content (AvgIpc) is 1.88. The fourth-order valence-corrected chi connectivity index (χ4v) is 0.580. The van der Waals surface area contributed by atoms with Crippen molar-refractivity contribution in [3.05, 3.63) is 0 Å². The van der Waals surface area contributed by atoms with Gasteiger partial charge in [0.05, 0.1) is 0 Å². The summed E-state index contributed by atoms with van der Waals surface area (Å²) in [4.78, 5) is 10.6. The van der Waals surface area contributed by atoms with Crippen molar-refractivity contribution in [3.63, 3.8) is 0 Å². The third-order valence-corrected chi connectivity index (χ3v) is 1.36. The molecule has 0 aromatic carbocycles. The fourth-order valence-electron chi connectivity index (χ4n) is 0.326. The molecule has 0 saturated heterocycles. The molecule has 0 N–H and O–H groups in total. The molecule has 0 heterocycles. The maximum Gasteiger partial charge on any atom is 0.509 e. The van der Waals surface area contributed by atoms with Crippen molar-refractivity contribution in [1.82, 2.24) is 0 Å². The van der Waals surface area contributed by atoms with E-state index in [9.17, 15) is 4.79 Å². The maximum atomic E-state index is 10.6. The van der Waals surface area contributed by atoms with Crippen LogP contribution in [0.15, 0.2) is 0 Å². The third-order valence-electron chi connectivity index (χ3n) is 1.04. The van der Waals surface area contributed by atoms with Gasteiger partial charge in [-0.1, -0.05) is 6.92 Å². The van der Waals surface area contributed by atoms with E-state index in [4.69, 9.17) is 4.74 Å². The number of halogens is 1. The first-order valence-corrected chi connectivity index (χ1v) is 4.62. The normalized spacial score (nSPS) is 12.3. The Morgan fingerprint density at radius 3 is 2.70 bits per heavy atom. The third kappa shape index (κ3) is 4.84. The summed E-state index contributed by atoms with van der Waals surface area (Å²) in [6.45, 7) is 3.77. The van der Waals surface area contributed by atoms with Gasteiger partial charge in [-0.05, 0) is 35.9 Å². The van der Waals surface area contributed by atoms with E-state index in [0.29, 0.717) is 4.61 Å². The lowest BCUT2D eigenvalue weighted by molar-refractivity contribution is 0.0407. The monoisotopic (exact) mass is 258 g/mol. The number of hydrogen-bond acceptors (Lipinski definition) is 3. The van der Waals surface area contributed by atoms with Crippen LogP contribution in [0.1, 0.15) is 20.3 Å². The predicted molar refractivity (Wildman–Crippen MR) is 46.2 cm³/mol. The first-order valence-electron chi connectivity index (χ1n) is 3.10. The topological polar surface area (TPSA) is 35.5 Å². The van der Waals surface area contributed by atoms with Crippen molar-refractivity contribution in [1.29, 1.82) is 0 Å². The molecule has 0 spiro atoms. The van der Waals surface area contributed by atoms with Crippen molar-refractivity contribution in [2.24, 2.45) is 0 Å². The molecule has 0 aliphatic rings. The highest BCUT2D eigenvalue weighted by Crippen LogP contribution is 1.98. The number of rotatable bonds is 3. The van der Waals surface area contributed by atoms with Crippen LogP contribution in [-0.4, -0.2) is 16.9 Å². The first-order chi connectivity index (χ1) is 4.70. The zero-order valence-corrected chi connectivity index (χ0v) is 8.25. The predicted octanol–water partition coefficient (Wildman–Crippen LogP) is 2.33. The number of carbonyl (C=O) groups is 1. The van der Waals surface area contributed by atoms with Crippen LogP contribution in [-0.2, 0) is 9.47 Å². The Kier molecular flexibility index (Phi) is 5.76. The second-order valence-corrected chi connectivity index (χ2v) is 2.46. The van der Waals surface area contributed by atoms with Crippen LogP contribution < -0.4 is 0 Å². The van der Waals surface area contributed by atoms with Gasteiger partial charge in [0.1, 0.15) is 10.7 Å². The van der Waals surface area contributed by atoms with Gasteiger partial charge in [0.15, 0.2) is 0 Å². The molecule has 60 valence electrons. The van der Waals surface area contributed by atoms with E-state index < -0.39 is 6.16 Å². The fraction of sp³-hybridized carbons (Fsp3) is 0.833. The van der Waals surface area contributed by atoms with Gasteiger partial charge in [0.2, 0.25) is 0 Å². The zero-order valence-electron chi connectivity index (χ0n) is 6.09. The van der Waals surface area contributed by atoms with Crippen LogP contribution in [0.3, 0.4) is 0 Å². The molecule has 0 fully saturated rings. The quantitative estimate of drug-likeness (QED) is 0.442. The lowest BCUT2D eigenvalue weighted by Gasteiger charge is -2.08. The average molecular weight is 258 g/mol. The van der Waals surface area contributed by atoms with Crippen LogP contribution in [0, 0.1) is 0 Å². The van der Waals surface area contributed by atoms with Crippen LogP contribution in [0.5, 0.6) is 0 Å². The van der Waals surface area contributed by atoms with E-state index >= 15 is 0 Å². The summed E-state index contributed by atoms with van der Waals surface area (Å²) < 4.78 is 9.65. The van der Waals surface area contributed by atoms with E-state index in [1.165, 1.54) is 0 Å². The molecule has 0 aromatic heterocycles. The summed E-state index contributed by atoms with van der Waals surface area (Å²) in [6.07, 6.45) is 0.190. The molecule has 0 radical (unpaired) electrons. The minimum Gasteiger partial charge on any atom is -0.431 e. The van der Waals surface area contributed by atoms with Crippen molar-refractivity contribution < 1.29 is 14.3 Å².